The smallest absolute Gasteiger partial charge is 0.475 e. The quantitative estimate of drug-likeness (QED) is 0.127. The van der Waals surface area contributed by atoms with Crippen LogP contribution in [0.5, 0.6) is 0 Å². The maximum absolute atomic E-state index is 11.1. The Morgan fingerprint density at radius 3 is 1.12 bits per heavy atom. The number of aliphatic carboxylic acids is 2. The van der Waals surface area contributed by atoms with E-state index in [1.807, 2.05) is 0 Å². The Bertz CT molecular complexity index is 519. The summed E-state index contributed by atoms with van der Waals surface area (Å²) >= 11 is 0. The maximum atomic E-state index is 11.1. The zero-order valence-corrected chi connectivity index (χ0v) is 18.5. The Hall–Kier alpha value is -1.92. The van der Waals surface area contributed by atoms with Crippen LogP contribution in [0.1, 0.15) is 0 Å². The lowest BCUT2D eigenvalue weighted by Crippen LogP contribution is -2.33. The number of rotatable bonds is 11. The summed E-state index contributed by atoms with van der Waals surface area (Å²) in [5, 5.41) is 25.4. The molecule has 0 saturated carbocycles. The van der Waals surface area contributed by atoms with E-state index in [1.165, 1.54) is 0 Å². The second kappa shape index (κ2) is 19.7. The van der Waals surface area contributed by atoms with E-state index in [1.54, 1.807) is 35.7 Å². The fourth-order valence-corrected chi connectivity index (χ4v) is 2.84. The first-order valence-corrected chi connectivity index (χ1v) is 10.8. The number of hydrogen-bond acceptors (Lipinski definition) is 8. The average molecular weight is 522 g/mol. The summed E-state index contributed by atoms with van der Waals surface area (Å²) in [7, 11) is 6.87. The predicted molar refractivity (Wildman–Crippen MR) is 106 cm³/mol. The van der Waals surface area contributed by atoms with Gasteiger partial charge in [0.2, 0.25) is 11.8 Å². The van der Waals surface area contributed by atoms with E-state index in [-0.39, 0.29) is 11.8 Å². The summed E-state index contributed by atoms with van der Waals surface area (Å²) in [5.41, 5.74) is 0. The van der Waals surface area contributed by atoms with Crippen LogP contribution in [-0.4, -0.2) is 98.1 Å². The molecule has 2 amide bonds. The number of carboxylic acids is 2. The summed E-state index contributed by atoms with van der Waals surface area (Å²) in [6, 6.07) is 0. The summed E-state index contributed by atoms with van der Waals surface area (Å²) in [6.07, 6.45) is -10.2. The molecule has 0 unspecified atom stereocenters. The van der Waals surface area contributed by atoms with Gasteiger partial charge in [-0.1, -0.05) is 21.6 Å². The van der Waals surface area contributed by atoms with Crippen molar-refractivity contribution >= 4 is 45.3 Å². The van der Waals surface area contributed by atoms with E-state index in [0.29, 0.717) is 26.2 Å². The van der Waals surface area contributed by atoms with Crippen LogP contribution < -0.4 is 21.3 Å². The molecule has 0 saturated heterocycles. The minimum Gasteiger partial charge on any atom is -0.475 e. The summed E-state index contributed by atoms with van der Waals surface area (Å²) < 4.78 is 63.5. The highest BCUT2D eigenvalue weighted by Crippen LogP contribution is 2.19. The maximum Gasteiger partial charge on any atom is 0.490 e. The molecule has 0 aromatic carbocycles. The molecule has 190 valence electrons. The molecular formula is C14H24F6N4O6S2. The van der Waals surface area contributed by atoms with Crippen LogP contribution in [0.3, 0.4) is 0 Å². The van der Waals surface area contributed by atoms with E-state index in [9.17, 15) is 35.9 Å². The lowest BCUT2D eigenvalue weighted by molar-refractivity contribution is -0.193. The first kappa shape index (κ1) is 34.7. The van der Waals surface area contributed by atoms with Crippen LogP contribution in [-0.2, 0) is 19.2 Å². The molecule has 0 rings (SSSR count). The summed E-state index contributed by atoms with van der Waals surface area (Å²) in [4.78, 5) is 39.9. The van der Waals surface area contributed by atoms with Crippen molar-refractivity contribution in [2.45, 2.75) is 12.4 Å². The number of likely N-dealkylation sites (N-methyl/N-ethyl adjacent to an activating group) is 2. The molecule has 0 aromatic rings. The van der Waals surface area contributed by atoms with Crippen LogP contribution in [0, 0.1) is 0 Å². The van der Waals surface area contributed by atoms with E-state index >= 15 is 0 Å². The number of nitrogens with one attached hydrogen (secondary N) is 4. The fraction of sp³-hybridized carbons (Fsp3) is 0.714. The zero-order valence-electron chi connectivity index (χ0n) is 16.9. The van der Waals surface area contributed by atoms with Gasteiger partial charge in [-0.25, -0.2) is 9.59 Å². The molecule has 6 N–H and O–H groups in total. The molecule has 0 radical (unpaired) electrons. The summed E-state index contributed by atoms with van der Waals surface area (Å²) in [6.45, 7) is 2.05. The predicted octanol–water partition coefficient (Wildman–Crippen LogP) is 0.306. The van der Waals surface area contributed by atoms with Crippen molar-refractivity contribution in [3.8, 4) is 0 Å². The molecule has 0 bridgehead atoms. The Kier molecular flexibility index (Phi) is 21.4. The molecule has 0 heterocycles. The third kappa shape index (κ3) is 28.1. The van der Waals surface area contributed by atoms with Crippen molar-refractivity contribution in [1.82, 2.24) is 21.3 Å². The highest BCUT2D eigenvalue weighted by atomic mass is 33.1. The number of carbonyl (C=O) groups is 4. The largest absolute Gasteiger partial charge is 0.490 e. The zero-order chi connectivity index (χ0) is 25.8. The molecule has 10 nitrogen and oxygen atoms in total. The van der Waals surface area contributed by atoms with E-state index in [2.05, 4.69) is 21.3 Å². The lowest BCUT2D eigenvalue weighted by Gasteiger charge is -2.05. The van der Waals surface area contributed by atoms with Gasteiger partial charge in [-0.05, 0) is 14.1 Å². The van der Waals surface area contributed by atoms with Crippen molar-refractivity contribution in [2.24, 2.45) is 0 Å². The second-order valence-corrected chi connectivity index (χ2v) is 7.71. The number of alkyl halides is 6. The van der Waals surface area contributed by atoms with Gasteiger partial charge < -0.3 is 31.5 Å². The number of hydrogen-bond donors (Lipinski definition) is 6. The number of carbonyl (C=O) groups excluding carboxylic acids is 2. The van der Waals surface area contributed by atoms with Crippen LogP contribution in [0.4, 0.5) is 26.3 Å². The molecule has 0 atom stereocenters. The van der Waals surface area contributed by atoms with Gasteiger partial charge in [0.1, 0.15) is 0 Å². The van der Waals surface area contributed by atoms with Crippen LogP contribution >= 0.6 is 21.6 Å². The average Bonchev–Trinajstić information content (AvgIpc) is 2.63. The van der Waals surface area contributed by atoms with Gasteiger partial charge in [0.05, 0.1) is 13.1 Å². The van der Waals surface area contributed by atoms with Crippen molar-refractivity contribution in [3.63, 3.8) is 0 Å². The Morgan fingerprint density at radius 1 is 0.688 bits per heavy atom. The van der Waals surface area contributed by atoms with Crippen molar-refractivity contribution in [2.75, 3.05) is 51.8 Å². The minimum atomic E-state index is -5.08. The van der Waals surface area contributed by atoms with Crippen molar-refractivity contribution in [3.05, 3.63) is 0 Å². The van der Waals surface area contributed by atoms with Crippen LogP contribution in [0.25, 0.3) is 0 Å². The van der Waals surface area contributed by atoms with E-state index < -0.39 is 24.3 Å². The van der Waals surface area contributed by atoms with Crippen LogP contribution in [0.15, 0.2) is 0 Å². The molecule has 32 heavy (non-hydrogen) atoms. The first-order chi connectivity index (χ1) is 14.6. The van der Waals surface area contributed by atoms with Crippen LogP contribution in [0.2, 0.25) is 0 Å². The minimum absolute atomic E-state index is 0.0161. The van der Waals surface area contributed by atoms with Gasteiger partial charge in [-0.3, -0.25) is 9.59 Å². The number of halogens is 6. The van der Waals surface area contributed by atoms with Gasteiger partial charge in [-0.15, -0.1) is 0 Å². The molecule has 18 heteroatoms. The number of carboxylic acid groups (broad SMARTS) is 2. The SMILES string of the molecule is CNCC(=O)NCCSSCCNC(=O)CNC.O=C(O)C(F)(F)F.O=C(O)C(F)(F)F. The lowest BCUT2D eigenvalue weighted by atomic mass is 10.5. The summed E-state index contributed by atoms with van der Waals surface area (Å²) in [5.74, 6) is -3.75. The fourth-order valence-electron chi connectivity index (χ4n) is 1.03. The van der Waals surface area contributed by atoms with Gasteiger partial charge in [0.25, 0.3) is 0 Å². The van der Waals surface area contributed by atoms with Gasteiger partial charge in [0.15, 0.2) is 0 Å². The highest BCUT2D eigenvalue weighted by molar-refractivity contribution is 8.76. The molecule has 0 spiro atoms. The second-order valence-electron chi connectivity index (χ2n) is 5.01. The third-order valence-corrected chi connectivity index (χ3v) is 4.67. The molecule has 0 aliphatic rings. The van der Waals surface area contributed by atoms with E-state index in [4.69, 9.17) is 19.8 Å². The molecule has 0 fully saturated rings. The highest BCUT2D eigenvalue weighted by Gasteiger charge is 2.38. The van der Waals surface area contributed by atoms with E-state index in [0.717, 1.165) is 11.5 Å². The normalized spacial score (nSPS) is 10.6. The van der Waals surface area contributed by atoms with Gasteiger partial charge in [0, 0.05) is 24.6 Å². The number of amides is 2. The Labute approximate surface area is 187 Å². The van der Waals surface area contributed by atoms with Crippen molar-refractivity contribution in [1.29, 1.82) is 0 Å². The molecule has 0 aromatic heterocycles. The topological polar surface area (TPSA) is 157 Å². The van der Waals surface area contributed by atoms with Gasteiger partial charge in [-0.2, -0.15) is 26.3 Å². The Balaban J connectivity index is -0.000000491. The molecule has 0 aliphatic carbocycles. The molecule has 0 aliphatic heterocycles. The third-order valence-electron chi connectivity index (χ3n) is 2.26. The van der Waals surface area contributed by atoms with Gasteiger partial charge >= 0.3 is 24.3 Å². The Morgan fingerprint density at radius 2 is 0.938 bits per heavy atom. The first-order valence-electron chi connectivity index (χ1n) is 8.26. The molecular weight excluding hydrogens is 498 g/mol. The monoisotopic (exact) mass is 522 g/mol. The van der Waals surface area contributed by atoms with Crippen molar-refractivity contribution < 1.29 is 55.7 Å². The standard InChI is InChI=1S/C10H22N4O2S2.2C2HF3O2/c1-11-7-9(15)13-3-5-17-18-6-4-14-10(16)8-12-2;2*3-2(4,5)1(6)7/h11-12H,3-8H2,1-2H3,(H,13,15)(H,14,16);2*(H,6,7).